The zero-order chi connectivity index (χ0) is 13.4. The molecular formula is C15H17N3S. The van der Waals surface area contributed by atoms with Gasteiger partial charge < -0.3 is 5.73 Å². The number of nitrogens with zero attached hydrogens (tertiary/aromatic N) is 2. The minimum absolute atomic E-state index is 0.00297. The van der Waals surface area contributed by atoms with Crippen LogP contribution < -0.4 is 5.73 Å². The van der Waals surface area contributed by atoms with E-state index < -0.39 is 0 Å². The van der Waals surface area contributed by atoms with E-state index in [0.717, 1.165) is 17.1 Å². The Labute approximate surface area is 116 Å². The normalized spacial score (nSPS) is 13.0. The molecule has 98 valence electrons. The fourth-order valence-corrected chi connectivity index (χ4v) is 3.16. The molecule has 2 N–H and O–H groups in total. The summed E-state index contributed by atoms with van der Waals surface area (Å²) in [4.78, 5) is 5.61. The first-order valence-corrected chi connectivity index (χ1v) is 7.24. The summed E-state index contributed by atoms with van der Waals surface area (Å²) in [6.07, 6.45) is 4.87. The smallest absolute Gasteiger partial charge is 0.193 e. The van der Waals surface area contributed by atoms with Gasteiger partial charge in [-0.1, -0.05) is 29.3 Å². The predicted molar refractivity (Wildman–Crippen MR) is 79.6 cm³/mol. The van der Waals surface area contributed by atoms with E-state index in [4.69, 9.17) is 5.73 Å². The standard InChI is InChI=1S/C15H17N3S/c1-10-5-11(2)7-12(6-10)14(16)8-13-9-18-3-4-19-15(18)17-13/h3-7,9,14H,8,16H2,1-2H3. The minimum atomic E-state index is 0.00297. The second kappa shape index (κ2) is 4.79. The van der Waals surface area contributed by atoms with E-state index in [9.17, 15) is 0 Å². The van der Waals surface area contributed by atoms with Gasteiger partial charge in [0, 0.05) is 30.2 Å². The first-order valence-electron chi connectivity index (χ1n) is 6.36. The molecule has 2 heterocycles. The number of hydrogen-bond acceptors (Lipinski definition) is 3. The second-order valence-electron chi connectivity index (χ2n) is 5.06. The summed E-state index contributed by atoms with van der Waals surface area (Å²) >= 11 is 1.65. The van der Waals surface area contributed by atoms with Crippen molar-refractivity contribution in [3.05, 3.63) is 58.4 Å². The highest BCUT2D eigenvalue weighted by Crippen LogP contribution is 2.20. The van der Waals surface area contributed by atoms with Crippen LogP contribution in [0.15, 0.2) is 36.0 Å². The molecule has 0 aliphatic rings. The van der Waals surface area contributed by atoms with Gasteiger partial charge in [-0.05, 0) is 19.4 Å². The molecule has 0 saturated carbocycles. The van der Waals surface area contributed by atoms with Crippen molar-refractivity contribution in [2.75, 3.05) is 0 Å². The average molecular weight is 271 g/mol. The Morgan fingerprint density at radius 3 is 2.68 bits per heavy atom. The molecule has 1 atom stereocenters. The second-order valence-corrected chi connectivity index (χ2v) is 5.93. The van der Waals surface area contributed by atoms with E-state index in [0.29, 0.717) is 0 Å². The zero-order valence-electron chi connectivity index (χ0n) is 11.1. The Kier molecular flexibility index (Phi) is 3.12. The van der Waals surface area contributed by atoms with Gasteiger partial charge in [-0.15, -0.1) is 11.3 Å². The number of imidazole rings is 1. The first kappa shape index (κ1) is 12.4. The van der Waals surface area contributed by atoms with Crippen molar-refractivity contribution in [3.63, 3.8) is 0 Å². The Hall–Kier alpha value is -1.65. The highest BCUT2D eigenvalue weighted by Gasteiger charge is 2.11. The first-order chi connectivity index (χ1) is 9.11. The molecule has 0 aliphatic carbocycles. The Morgan fingerprint density at radius 2 is 2.00 bits per heavy atom. The van der Waals surface area contributed by atoms with Gasteiger partial charge in [-0.25, -0.2) is 4.98 Å². The molecular weight excluding hydrogens is 254 g/mol. The number of aromatic nitrogens is 2. The Morgan fingerprint density at radius 1 is 1.26 bits per heavy atom. The fraction of sp³-hybridized carbons (Fsp3) is 0.267. The van der Waals surface area contributed by atoms with Crippen molar-refractivity contribution in [3.8, 4) is 0 Å². The van der Waals surface area contributed by atoms with E-state index in [-0.39, 0.29) is 6.04 Å². The van der Waals surface area contributed by atoms with Gasteiger partial charge in [0.15, 0.2) is 4.96 Å². The lowest BCUT2D eigenvalue weighted by atomic mass is 9.99. The molecule has 3 aromatic rings. The van der Waals surface area contributed by atoms with Crippen LogP contribution in [0.3, 0.4) is 0 Å². The summed E-state index contributed by atoms with van der Waals surface area (Å²) in [7, 11) is 0. The third-order valence-corrected chi connectivity index (χ3v) is 4.02. The predicted octanol–water partition coefficient (Wildman–Crippen LogP) is 3.26. The van der Waals surface area contributed by atoms with E-state index in [1.807, 2.05) is 16.0 Å². The summed E-state index contributed by atoms with van der Waals surface area (Å²) in [6, 6.07) is 6.50. The lowest BCUT2D eigenvalue weighted by Crippen LogP contribution is -2.14. The number of rotatable bonds is 3. The SMILES string of the molecule is Cc1cc(C)cc(C(N)Cc2cn3ccsc3n2)c1. The molecule has 3 nitrogen and oxygen atoms in total. The van der Waals surface area contributed by atoms with Gasteiger partial charge in [0.05, 0.1) is 5.69 Å². The van der Waals surface area contributed by atoms with Crippen LogP contribution in [0.5, 0.6) is 0 Å². The van der Waals surface area contributed by atoms with Crippen molar-refractivity contribution < 1.29 is 0 Å². The van der Waals surface area contributed by atoms with Gasteiger partial charge in [0.2, 0.25) is 0 Å². The van der Waals surface area contributed by atoms with Gasteiger partial charge in [0.1, 0.15) is 0 Å². The van der Waals surface area contributed by atoms with Crippen molar-refractivity contribution in [2.24, 2.45) is 5.73 Å². The molecule has 0 spiro atoms. The summed E-state index contributed by atoms with van der Waals surface area (Å²) in [5.74, 6) is 0. The molecule has 19 heavy (non-hydrogen) atoms. The van der Waals surface area contributed by atoms with E-state index >= 15 is 0 Å². The maximum absolute atomic E-state index is 6.31. The molecule has 4 heteroatoms. The topological polar surface area (TPSA) is 43.3 Å². The molecule has 0 radical (unpaired) electrons. The third-order valence-electron chi connectivity index (χ3n) is 3.24. The molecule has 0 aliphatic heterocycles. The number of fused-ring (bicyclic) bond motifs is 1. The summed E-state index contributed by atoms with van der Waals surface area (Å²) in [5.41, 5.74) is 11.1. The number of nitrogens with two attached hydrogens (primary N) is 1. The number of thiazole rings is 1. The maximum atomic E-state index is 6.31. The largest absolute Gasteiger partial charge is 0.324 e. The van der Waals surface area contributed by atoms with Crippen LogP contribution in [0.2, 0.25) is 0 Å². The summed E-state index contributed by atoms with van der Waals surface area (Å²) in [5, 5.41) is 2.04. The third kappa shape index (κ3) is 2.55. The highest BCUT2D eigenvalue weighted by atomic mass is 32.1. The quantitative estimate of drug-likeness (QED) is 0.794. The molecule has 0 saturated heterocycles. The molecule has 0 bridgehead atoms. The van der Waals surface area contributed by atoms with E-state index in [1.54, 1.807) is 11.3 Å². The van der Waals surface area contributed by atoms with Crippen molar-refractivity contribution in [1.82, 2.24) is 9.38 Å². The minimum Gasteiger partial charge on any atom is -0.324 e. The molecule has 0 amide bonds. The van der Waals surface area contributed by atoms with Gasteiger partial charge in [-0.3, -0.25) is 4.40 Å². The lowest BCUT2D eigenvalue weighted by Gasteiger charge is -2.12. The lowest BCUT2D eigenvalue weighted by molar-refractivity contribution is 0.709. The van der Waals surface area contributed by atoms with Crippen LogP contribution in [0, 0.1) is 13.8 Å². The number of aryl methyl sites for hydroxylation is 2. The van der Waals surface area contributed by atoms with Crippen molar-refractivity contribution in [1.29, 1.82) is 0 Å². The number of benzene rings is 1. The van der Waals surface area contributed by atoms with Crippen LogP contribution in [-0.2, 0) is 6.42 Å². The zero-order valence-corrected chi connectivity index (χ0v) is 11.9. The Balaban J connectivity index is 1.84. The highest BCUT2D eigenvalue weighted by molar-refractivity contribution is 7.15. The molecule has 0 fully saturated rings. The van der Waals surface area contributed by atoms with Crippen molar-refractivity contribution >= 4 is 16.3 Å². The van der Waals surface area contributed by atoms with Crippen LogP contribution in [-0.4, -0.2) is 9.38 Å². The van der Waals surface area contributed by atoms with Gasteiger partial charge >= 0.3 is 0 Å². The van der Waals surface area contributed by atoms with Crippen molar-refractivity contribution in [2.45, 2.75) is 26.3 Å². The van der Waals surface area contributed by atoms with Gasteiger partial charge in [0.25, 0.3) is 0 Å². The van der Waals surface area contributed by atoms with Crippen LogP contribution >= 0.6 is 11.3 Å². The summed E-state index contributed by atoms with van der Waals surface area (Å²) in [6.45, 7) is 4.21. The van der Waals surface area contributed by atoms with Crippen LogP contribution in [0.25, 0.3) is 4.96 Å². The van der Waals surface area contributed by atoms with E-state index in [2.05, 4.69) is 43.2 Å². The number of hydrogen-bond donors (Lipinski definition) is 1. The molecule has 1 aromatic carbocycles. The Bertz CT molecular complexity index is 662. The average Bonchev–Trinajstić information content (AvgIpc) is 2.88. The molecule has 2 aromatic heterocycles. The summed E-state index contributed by atoms with van der Waals surface area (Å²) < 4.78 is 2.05. The van der Waals surface area contributed by atoms with Crippen LogP contribution in [0.1, 0.15) is 28.4 Å². The fourth-order valence-electron chi connectivity index (χ4n) is 2.44. The van der Waals surface area contributed by atoms with E-state index in [1.165, 1.54) is 16.7 Å². The van der Waals surface area contributed by atoms with Gasteiger partial charge in [-0.2, -0.15) is 0 Å². The monoisotopic (exact) mass is 271 g/mol. The maximum Gasteiger partial charge on any atom is 0.193 e. The molecule has 1 unspecified atom stereocenters. The van der Waals surface area contributed by atoms with Crippen LogP contribution in [0.4, 0.5) is 0 Å². The molecule has 3 rings (SSSR count).